The van der Waals surface area contributed by atoms with Crippen LogP contribution in [0, 0.1) is 0 Å². The van der Waals surface area contributed by atoms with Crippen LogP contribution in [0.1, 0.15) is 22.8 Å². The molecule has 0 aliphatic rings. The quantitative estimate of drug-likeness (QED) is 0.119. The molecule has 0 unspecified atom stereocenters. The van der Waals surface area contributed by atoms with E-state index in [-0.39, 0.29) is 44.4 Å². The van der Waals surface area contributed by atoms with E-state index >= 15 is 0 Å². The SMILES string of the molecule is CCOc1cc(C=NNC(=O)C(=O)Nc2cccc(Cl)c2Cl)ccc1OC(=O)c1ccc(Cl)cc1Cl. The summed E-state index contributed by atoms with van der Waals surface area (Å²) < 4.78 is 11.0. The molecule has 3 aromatic carbocycles. The number of hydrogen-bond donors (Lipinski definition) is 2. The second kappa shape index (κ2) is 12.6. The fourth-order valence-electron chi connectivity index (χ4n) is 2.76. The molecule has 0 saturated heterocycles. The highest BCUT2D eigenvalue weighted by Crippen LogP contribution is 2.31. The molecule has 0 heterocycles. The number of carbonyl (C=O) groups is 3. The first-order chi connectivity index (χ1) is 17.2. The van der Waals surface area contributed by atoms with Crippen LogP contribution in [-0.2, 0) is 9.59 Å². The van der Waals surface area contributed by atoms with Crippen molar-refractivity contribution in [3.63, 3.8) is 0 Å². The number of halogens is 4. The minimum atomic E-state index is -1.03. The number of nitrogens with one attached hydrogen (secondary N) is 2. The molecule has 8 nitrogen and oxygen atoms in total. The van der Waals surface area contributed by atoms with Crippen LogP contribution in [0.15, 0.2) is 59.7 Å². The molecule has 0 atom stereocenters. The van der Waals surface area contributed by atoms with E-state index in [1.165, 1.54) is 42.6 Å². The number of nitrogens with zero attached hydrogens (tertiary/aromatic N) is 1. The van der Waals surface area contributed by atoms with Crippen molar-refractivity contribution in [2.45, 2.75) is 6.92 Å². The molecule has 0 saturated carbocycles. The highest BCUT2D eigenvalue weighted by Gasteiger charge is 2.17. The summed E-state index contributed by atoms with van der Waals surface area (Å²) in [5.41, 5.74) is 2.91. The van der Waals surface area contributed by atoms with Crippen molar-refractivity contribution in [3.05, 3.63) is 85.8 Å². The van der Waals surface area contributed by atoms with Gasteiger partial charge in [0.1, 0.15) is 0 Å². The standard InChI is InChI=1S/C24H17Cl4N3O5/c1-2-35-20-10-13(6-9-19(20)36-24(34)15-8-7-14(25)11-17(15)27)12-29-31-23(33)22(32)30-18-5-3-4-16(26)21(18)28/h3-12H,2H2,1H3,(H,30,32)(H,31,33). The van der Waals surface area contributed by atoms with Crippen LogP contribution in [0.4, 0.5) is 5.69 Å². The lowest BCUT2D eigenvalue weighted by Gasteiger charge is -2.12. The van der Waals surface area contributed by atoms with Gasteiger partial charge in [-0.2, -0.15) is 5.10 Å². The van der Waals surface area contributed by atoms with E-state index in [1.54, 1.807) is 25.1 Å². The average molecular weight is 569 g/mol. The van der Waals surface area contributed by atoms with Gasteiger partial charge >= 0.3 is 17.8 Å². The highest BCUT2D eigenvalue weighted by atomic mass is 35.5. The number of benzene rings is 3. The molecule has 0 spiro atoms. The van der Waals surface area contributed by atoms with E-state index in [0.29, 0.717) is 10.6 Å². The zero-order valence-electron chi connectivity index (χ0n) is 18.5. The monoisotopic (exact) mass is 567 g/mol. The lowest BCUT2D eigenvalue weighted by Crippen LogP contribution is -2.32. The Morgan fingerprint density at radius 3 is 2.42 bits per heavy atom. The molecule has 0 aromatic heterocycles. The van der Waals surface area contributed by atoms with E-state index in [1.807, 2.05) is 0 Å². The van der Waals surface area contributed by atoms with E-state index in [2.05, 4.69) is 15.8 Å². The minimum absolute atomic E-state index is 0.103. The number of esters is 1. The first kappa shape index (κ1) is 27.3. The van der Waals surface area contributed by atoms with Crippen LogP contribution in [-0.4, -0.2) is 30.6 Å². The summed E-state index contributed by atoms with van der Waals surface area (Å²) in [5.74, 6) is -2.32. The predicted octanol–water partition coefficient (Wildman–Crippen LogP) is 6.01. The molecule has 0 aliphatic carbocycles. The number of anilines is 1. The summed E-state index contributed by atoms with van der Waals surface area (Å²) in [6, 6.07) is 13.6. The fraction of sp³-hybridized carbons (Fsp3) is 0.0833. The summed E-state index contributed by atoms with van der Waals surface area (Å²) in [6.45, 7) is 2.04. The van der Waals surface area contributed by atoms with Gasteiger partial charge in [-0.05, 0) is 61.0 Å². The molecule has 2 amide bonds. The molecule has 0 fully saturated rings. The summed E-state index contributed by atoms with van der Waals surface area (Å²) in [4.78, 5) is 36.7. The van der Waals surface area contributed by atoms with E-state index in [9.17, 15) is 14.4 Å². The van der Waals surface area contributed by atoms with Gasteiger partial charge in [-0.15, -0.1) is 0 Å². The topological polar surface area (TPSA) is 106 Å². The molecule has 0 aliphatic heterocycles. The third-order valence-electron chi connectivity index (χ3n) is 4.41. The summed E-state index contributed by atoms with van der Waals surface area (Å²) in [6.07, 6.45) is 1.28. The molecule has 3 rings (SSSR count). The highest BCUT2D eigenvalue weighted by molar-refractivity contribution is 6.45. The van der Waals surface area contributed by atoms with Crippen LogP contribution in [0.25, 0.3) is 0 Å². The van der Waals surface area contributed by atoms with Crippen LogP contribution >= 0.6 is 46.4 Å². The fourth-order valence-corrected chi connectivity index (χ4v) is 3.60. The summed E-state index contributed by atoms with van der Waals surface area (Å²) in [7, 11) is 0. The van der Waals surface area contributed by atoms with Crippen molar-refractivity contribution in [2.75, 3.05) is 11.9 Å². The third kappa shape index (κ3) is 7.11. The van der Waals surface area contributed by atoms with Crippen LogP contribution in [0.3, 0.4) is 0 Å². The Morgan fingerprint density at radius 2 is 1.69 bits per heavy atom. The Labute approximate surface area is 226 Å². The predicted molar refractivity (Wildman–Crippen MR) is 140 cm³/mol. The number of ether oxygens (including phenoxy) is 2. The molecule has 36 heavy (non-hydrogen) atoms. The van der Waals surface area contributed by atoms with Crippen molar-refractivity contribution < 1.29 is 23.9 Å². The van der Waals surface area contributed by atoms with Gasteiger partial charge in [-0.25, -0.2) is 10.2 Å². The minimum Gasteiger partial charge on any atom is -0.490 e. The van der Waals surface area contributed by atoms with Gasteiger partial charge in [-0.3, -0.25) is 9.59 Å². The van der Waals surface area contributed by atoms with Gasteiger partial charge < -0.3 is 14.8 Å². The number of amides is 2. The van der Waals surface area contributed by atoms with Gasteiger partial charge in [-0.1, -0.05) is 52.5 Å². The van der Waals surface area contributed by atoms with Gasteiger partial charge in [0, 0.05) is 5.02 Å². The molecule has 3 aromatic rings. The Balaban J connectivity index is 1.66. The average Bonchev–Trinajstić information content (AvgIpc) is 2.83. The maximum atomic E-state index is 12.5. The third-order valence-corrected chi connectivity index (χ3v) is 5.77. The number of hydrazone groups is 1. The Hall–Kier alpha value is -3.30. The second-order valence-corrected chi connectivity index (χ2v) is 8.54. The number of rotatable bonds is 7. The van der Waals surface area contributed by atoms with Crippen molar-refractivity contribution in [2.24, 2.45) is 5.10 Å². The lowest BCUT2D eigenvalue weighted by atomic mass is 10.2. The van der Waals surface area contributed by atoms with Crippen molar-refractivity contribution >= 4 is 76.1 Å². The molecule has 0 bridgehead atoms. The molecule has 186 valence electrons. The van der Waals surface area contributed by atoms with Crippen LogP contribution < -0.4 is 20.2 Å². The first-order valence-corrected chi connectivity index (χ1v) is 11.7. The largest absolute Gasteiger partial charge is 0.490 e. The first-order valence-electron chi connectivity index (χ1n) is 10.2. The zero-order valence-corrected chi connectivity index (χ0v) is 21.5. The Morgan fingerprint density at radius 1 is 0.917 bits per heavy atom. The van der Waals surface area contributed by atoms with Crippen molar-refractivity contribution in [1.82, 2.24) is 5.43 Å². The normalized spacial score (nSPS) is 10.7. The summed E-state index contributed by atoms with van der Waals surface area (Å²) in [5, 5.41) is 6.97. The van der Waals surface area contributed by atoms with Crippen LogP contribution in [0.2, 0.25) is 20.1 Å². The molecule has 2 N–H and O–H groups in total. The molecule has 0 radical (unpaired) electrons. The van der Waals surface area contributed by atoms with E-state index < -0.39 is 17.8 Å². The van der Waals surface area contributed by atoms with Crippen molar-refractivity contribution in [1.29, 1.82) is 0 Å². The molecule has 12 heteroatoms. The second-order valence-electron chi connectivity index (χ2n) is 6.91. The zero-order chi connectivity index (χ0) is 26.2. The maximum absolute atomic E-state index is 12.5. The van der Waals surface area contributed by atoms with E-state index in [0.717, 1.165) is 0 Å². The van der Waals surface area contributed by atoms with Gasteiger partial charge in [0.05, 0.1) is 39.1 Å². The maximum Gasteiger partial charge on any atom is 0.345 e. The summed E-state index contributed by atoms with van der Waals surface area (Å²) >= 11 is 23.8. The Kier molecular flexibility index (Phi) is 9.55. The molecular weight excluding hydrogens is 552 g/mol. The molecular formula is C24H17Cl4N3O5. The lowest BCUT2D eigenvalue weighted by molar-refractivity contribution is -0.136. The van der Waals surface area contributed by atoms with E-state index in [4.69, 9.17) is 55.9 Å². The number of hydrogen-bond acceptors (Lipinski definition) is 6. The van der Waals surface area contributed by atoms with Gasteiger partial charge in [0.15, 0.2) is 11.5 Å². The smallest absolute Gasteiger partial charge is 0.345 e. The Bertz CT molecular complexity index is 1350. The number of carbonyl (C=O) groups excluding carboxylic acids is 3. The van der Waals surface area contributed by atoms with Crippen LogP contribution in [0.5, 0.6) is 11.5 Å². The van der Waals surface area contributed by atoms with Gasteiger partial charge in [0.25, 0.3) is 0 Å². The van der Waals surface area contributed by atoms with Crippen molar-refractivity contribution in [3.8, 4) is 11.5 Å². The van der Waals surface area contributed by atoms with Gasteiger partial charge in [0.2, 0.25) is 0 Å².